The zero-order chi connectivity index (χ0) is 91.2. The SMILES string of the molecule is CB(O)c1ccc(C(=O)NCCOCCOCCNC(=O)Nc2cccc3c(C(=O)C(=O)N4CCN(C(=O)c5ccccc5)C[C@H]4C)c[nH]c23)cc1.C[C@@H]1CN(C(=O)c2ccccc2)CCN1C(=O)C(=O)c1c[nH]c2c(NC(=O)NCC(=O)O)cccc12.C[C@@H]1CN(C(=O)c2ccccc2)CCN1C(=O)C(=O)c1c[nH]c2c(NC(=O)c3ccc(B(O)O)cc3)cccc12. The molecule has 3 saturated heterocycles. The lowest BCUT2D eigenvalue weighted by molar-refractivity contribution is -0.136. The molecule has 6 heterocycles. The van der Waals surface area contributed by atoms with Crippen LogP contribution in [0.2, 0.25) is 6.82 Å². The average Bonchev–Trinajstić information content (AvgIpc) is 1.63. The Bertz CT molecular complexity index is 5920. The molecule has 14 rings (SSSR count). The van der Waals surface area contributed by atoms with Crippen LogP contribution >= 0.6 is 0 Å². The Balaban J connectivity index is 0.000000178. The van der Waals surface area contributed by atoms with Gasteiger partial charge < -0.3 is 106 Å². The molecule has 11 aromatic rings. The number of fused-ring (bicyclic) bond motifs is 3. The van der Waals surface area contributed by atoms with Crippen molar-refractivity contribution in [3.05, 3.63) is 257 Å². The molecule has 0 spiro atoms. The van der Waals surface area contributed by atoms with Gasteiger partial charge in [0.15, 0.2) is 0 Å². The predicted molar refractivity (Wildman–Crippen MR) is 478 cm³/mol. The molecule has 13 N–H and O–H groups in total. The van der Waals surface area contributed by atoms with Gasteiger partial charge >= 0.3 is 32.1 Å². The molecule has 0 unspecified atom stereocenters. The zero-order valence-electron chi connectivity index (χ0n) is 70.4. The van der Waals surface area contributed by atoms with Gasteiger partial charge in [0.25, 0.3) is 64.6 Å². The Kier molecular flexibility index (Phi) is 31.1. The molecule has 0 bridgehead atoms. The third-order valence-electron chi connectivity index (χ3n) is 21.8. The lowest BCUT2D eigenvalue weighted by atomic mass is 9.64. The van der Waals surface area contributed by atoms with E-state index in [4.69, 9.17) is 14.6 Å². The van der Waals surface area contributed by atoms with Crippen LogP contribution in [0.5, 0.6) is 0 Å². The van der Waals surface area contributed by atoms with Crippen LogP contribution in [0.3, 0.4) is 0 Å². The molecule has 37 heteroatoms. The molecule has 0 aliphatic carbocycles. The van der Waals surface area contributed by atoms with E-state index in [1.807, 2.05) is 32.0 Å². The number of benzene rings is 8. The maximum atomic E-state index is 13.4. The number of carbonyl (C=O) groups is 14. The van der Waals surface area contributed by atoms with Gasteiger partial charge in [-0.25, -0.2) is 9.59 Å². The van der Waals surface area contributed by atoms with E-state index in [-0.39, 0.29) is 96.7 Å². The van der Waals surface area contributed by atoms with Crippen LogP contribution in [-0.4, -0.2) is 284 Å². The Morgan fingerprint density at radius 3 is 1.05 bits per heavy atom. The molecule has 3 aromatic heterocycles. The Morgan fingerprint density at radius 2 is 0.711 bits per heavy atom. The third-order valence-corrected chi connectivity index (χ3v) is 21.8. The fraction of sp³-hybridized carbons (Fsp3) is 0.253. The van der Waals surface area contributed by atoms with Crippen LogP contribution in [0.15, 0.2) is 213 Å². The van der Waals surface area contributed by atoms with Crippen molar-refractivity contribution in [3.63, 3.8) is 0 Å². The number of aromatic nitrogens is 3. The lowest BCUT2D eigenvalue weighted by Gasteiger charge is -2.39. The number of hydrogen-bond acceptors (Lipinski definition) is 19. The van der Waals surface area contributed by atoms with Gasteiger partial charge in [0, 0.05) is 153 Å². The number of para-hydroxylation sites is 3. The molecule has 12 amide bonds. The number of ketones is 3. The van der Waals surface area contributed by atoms with E-state index < -0.39 is 79.6 Å². The fourth-order valence-corrected chi connectivity index (χ4v) is 15.0. The summed E-state index contributed by atoms with van der Waals surface area (Å²) in [6.45, 7) is 10.2. The first kappa shape index (κ1) is 92.3. The number of Topliss-reactive ketones (excluding diaryl/α,β-unsaturated/α-hetero) is 3. The van der Waals surface area contributed by atoms with Crippen LogP contribution in [0.25, 0.3) is 32.7 Å². The minimum Gasteiger partial charge on any atom is -0.480 e. The van der Waals surface area contributed by atoms with Gasteiger partial charge in [0.1, 0.15) is 6.54 Å². The second-order valence-corrected chi connectivity index (χ2v) is 30.5. The number of aliphatic carboxylic acids is 1. The van der Waals surface area contributed by atoms with Gasteiger partial charge in [-0.05, 0) is 111 Å². The summed E-state index contributed by atoms with van der Waals surface area (Å²) in [5.74, 6) is -6.22. The first-order valence-corrected chi connectivity index (χ1v) is 41.3. The highest BCUT2D eigenvalue weighted by Crippen LogP contribution is 2.31. The molecule has 660 valence electrons. The highest BCUT2D eigenvalue weighted by molar-refractivity contribution is 6.64. The first-order valence-electron chi connectivity index (χ1n) is 41.3. The molecule has 0 saturated carbocycles. The summed E-state index contributed by atoms with van der Waals surface area (Å²) in [6.07, 6.45) is 4.33. The number of piperazine rings is 3. The molecule has 0 radical (unpaired) electrons. The third kappa shape index (κ3) is 22.8. The molecular formula is C91H95B2N15O20. The van der Waals surface area contributed by atoms with Crippen molar-refractivity contribution in [1.29, 1.82) is 0 Å². The van der Waals surface area contributed by atoms with Crippen molar-refractivity contribution >= 4 is 157 Å². The van der Waals surface area contributed by atoms with Crippen molar-refractivity contribution in [2.24, 2.45) is 0 Å². The number of carboxylic acid groups (broad SMARTS) is 1. The number of nitrogens with zero attached hydrogens (tertiary/aromatic N) is 6. The monoisotopic (exact) mass is 1740 g/mol. The molecule has 3 aliphatic heterocycles. The number of anilines is 3. The average molecular weight is 1740 g/mol. The summed E-state index contributed by atoms with van der Waals surface area (Å²) in [6, 6.07) is 52.1. The summed E-state index contributed by atoms with van der Waals surface area (Å²) >= 11 is 0. The van der Waals surface area contributed by atoms with Crippen molar-refractivity contribution in [1.82, 2.24) is 60.3 Å². The molecule has 3 aliphatic rings. The van der Waals surface area contributed by atoms with Crippen molar-refractivity contribution < 1.29 is 96.8 Å². The maximum Gasteiger partial charge on any atom is 0.488 e. The van der Waals surface area contributed by atoms with Gasteiger partial charge in [-0.15, -0.1) is 0 Å². The number of amides is 12. The molecular weight excluding hydrogens is 1640 g/mol. The van der Waals surface area contributed by atoms with Crippen molar-refractivity contribution in [2.75, 3.05) is 121 Å². The number of urea groups is 2. The van der Waals surface area contributed by atoms with E-state index in [2.05, 4.69) is 46.9 Å². The van der Waals surface area contributed by atoms with Gasteiger partial charge in [0.05, 0.1) is 76.7 Å². The zero-order valence-corrected chi connectivity index (χ0v) is 70.4. The van der Waals surface area contributed by atoms with E-state index in [0.717, 1.165) is 5.46 Å². The highest BCUT2D eigenvalue weighted by atomic mass is 16.5. The summed E-state index contributed by atoms with van der Waals surface area (Å²) in [5.41, 5.74) is 6.63. The van der Waals surface area contributed by atoms with Crippen LogP contribution in [-0.2, 0) is 28.7 Å². The summed E-state index contributed by atoms with van der Waals surface area (Å²) in [7, 11) is -1.63. The van der Waals surface area contributed by atoms with Gasteiger partial charge in [-0.1, -0.05) is 122 Å². The standard InChI is InChI=1S/C37H43BN6O8.C29H27BN4O6.C25H25N5O6/c1-25-24-43(35(47)27-7-4-3-5-8-27)17-18-44(25)36(48)33(45)30-23-41-32-29(30)9-6-10-31(32)42-37(49)40-16-20-52-22-21-51-19-15-39-34(46)26-11-13-28(14-12-26)38(2)50;1-18-17-33(28(37)20-6-3-2-4-7-20)14-15-34(18)29(38)26(35)23-16-31-25-22(23)8-5-9-24(25)32-27(36)19-10-12-21(13-11-19)30(39)40;1-15-14-29(23(34)16-6-3-2-4-7-16)10-11-30(15)24(35)22(33)18-12-26-21-17(18)8-5-9-19(21)28-25(36)27-13-20(31)32/h3-14,23,25,41,50H,15-22,24H2,1-2H3,(H,39,46)(H2,40,42,49);2-13,16,18,31,39-40H,14-15,17H2,1H3,(H,32,36);2-9,12,15,26H,10-11,13-14H2,1H3,(H,31,32)(H2,27,28,36)/t25-;18-;15-/m111/s1. The predicted octanol–water partition coefficient (Wildman–Crippen LogP) is 5.71. The first-order chi connectivity index (χ1) is 61.6. The molecule has 128 heavy (non-hydrogen) atoms. The van der Waals surface area contributed by atoms with Gasteiger partial charge in [-0.2, -0.15) is 0 Å². The number of ether oxygens (including phenoxy) is 2. The quantitative estimate of drug-likeness (QED) is 0.0127. The summed E-state index contributed by atoms with van der Waals surface area (Å²) < 4.78 is 11.0. The number of carbonyl (C=O) groups excluding carboxylic acids is 13. The molecule has 35 nitrogen and oxygen atoms in total. The Hall–Kier alpha value is -14.9. The Morgan fingerprint density at radius 1 is 0.375 bits per heavy atom. The van der Waals surface area contributed by atoms with E-state index in [0.29, 0.717) is 143 Å². The molecule has 8 aromatic carbocycles. The number of carboxylic acids is 1. The second kappa shape index (κ2) is 43.1. The van der Waals surface area contributed by atoms with E-state index in [1.54, 1.807) is 180 Å². The largest absolute Gasteiger partial charge is 0.488 e. The van der Waals surface area contributed by atoms with Crippen molar-refractivity contribution in [3.8, 4) is 0 Å². The summed E-state index contributed by atoms with van der Waals surface area (Å²) in [5, 5.41) is 54.0. The normalized spacial score (nSPS) is 14.8. The minimum atomic E-state index is -1.63. The highest BCUT2D eigenvalue weighted by Gasteiger charge is 2.39. The fourth-order valence-electron chi connectivity index (χ4n) is 15.0. The number of aromatic amines is 3. The van der Waals surface area contributed by atoms with Gasteiger partial charge in [-0.3, -0.25) is 57.5 Å². The van der Waals surface area contributed by atoms with Crippen LogP contribution in [0.4, 0.5) is 26.7 Å². The topological polar surface area (TPSA) is 477 Å². The summed E-state index contributed by atoms with van der Waals surface area (Å²) in [4.78, 5) is 197. The van der Waals surface area contributed by atoms with Crippen LogP contribution in [0.1, 0.15) is 104 Å². The van der Waals surface area contributed by atoms with E-state index in [9.17, 15) is 82.2 Å². The number of rotatable bonds is 27. The minimum absolute atomic E-state index is 0.112. The molecule has 3 atom stereocenters. The van der Waals surface area contributed by atoms with E-state index >= 15 is 0 Å². The number of H-pyrrole nitrogens is 3. The maximum absolute atomic E-state index is 13.4. The van der Waals surface area contributed by atoms with E-state index in [1.165, 1.54) is 57.6 Å². The second-order valence-electron chi connectivity index (χ2n) is 30.5. The van der Waals surface area contributed by atoms with Crippen LogP contribution < -0.4 is 42.8 Å². The smallest absolute Gasteiger partial charge is 0.480 e. The van der Waals surface area contributed by atoms with Gasteiger partial charge in [0.2, 0.25) is 0 Å². The lowest BCUT2D eigenvalue weighted by Crippen LogP contribution is -2.56. The van der Waals surface area contributed by atoms with Crippen molar-refractivity contribution in [2.45, 2.75) is 45.7 Å². The Labute approximate surface area is 734 Å². The van der Waals surface area contributed by atoms with Crippen LogP contribution in [0, 0.1) is 0 Å². The number of hydrogen-bond donors (Lipinski definition) is 13. The number of nitrogens with one attached hydrogen (secondary N) is 9. The molecule has 3 fully saturated rings.